The van der Waals surface area contributed by atoms with Crippen LogP contribution >= 0.6 is 11.8 Å². The highest BCUT2D eigenvalue weighted by molar-refractivity contribution is 7.99. The molecule has 0 radical (unpaired) electrons. The molecular weight excluding hydrogens is 470 g/mol. The molecule has 1 amide bonds. The number of hydrogen-bond donors (Lipinski definition) is 1. The SMILES string of the molecule is Cc1ccc(NC(=O)CSc2nnc(Cc3ccccc3)n2C)cc1S(=O)(=O)N1CCCCC1. The van der Waals surface area contributed by atoms with Gasteiger partial charge < -0.3 is 9.88 Å². The second-order valence-electron chi connectivity index (χ2n) is 8.40. The number of anilines is 1. The van der Waals surface area contributed by atoms with Crippen molar-refractivity contribution in [1.29, 1.82) is 0 Å². The highest BCUT2D eigenvalue weighted by atomic mass is 32.2. The third-order valence-electron chi connectivity index (χ3n) is 5.87. The molecule has 34 heavy (non-hydrogen) atoms. The van der Waals surface area contributed by atoms with Crippen molar-refractivity contribution in [2.45, 2.75) is 42.7 Å². The molecule has 0 atom stereocenters. The summed E-state index contributed by atoms with van der Waals surface area (Å²) in [4.78, 5) is 12.8. The van der Waals surface area contributed by atoms with Crippen molar-refractivity contribution in [2.75, 3.05) is 24.2 Å². The number of hydrogen-bond acceptors (Lipinski definition) is 6. The molecule has 4 rings (SSSR count). The molecule has 0 saturated carbocycles. The first kappa shape index (κ1) is 24.4. The van der Waals surface area contributed by atoms with Gasteiger partial charge in [-0.05, 0) is 43.0 Å². The quantitative estimate of drug-likeness (QED) is 0.476. The van der Waals surface area contributed by atoms with Crippen LogP contribution in [0.4, 0.5) is 5.69 Å². The molecular formula is C24H29N5O3S2. The Hall–Kier alpha value is -2.69. The minimum Gasteiger partial charge on any atom is -0.325 e. The van der Waals surface area contributed by atoms with E-state index < -0.39 is 10.0 Å². The first-order valence-corrected chi connectivity index (χ1v) is 13.7. The molecule has 0 spiro atoms. The molecule has 2 heterocycles. The first-order chi connectivity index (χ1) is 16.3. The number of thioether (sulfide) groups is 1. The Morgan fingerprint density at radius 2 is 1.79 bits per heavy atom. The maximum absolute atomic E-state index is 13.1. The van der Waals surface area contributed by atoms with E-state index in [1.807, 2.05) is 41.9 Å². The molecule has 3 aromatic rings. The van der Waals surface area contributed by atoms with Crippen molar-refractivity contribution < 1.29 is 13.2 Å². The van der Waals surface area contributed by atoms with Crippen LogP contribution in [-0.2, 0) is 28.3 Å². The summed E-state index contributed by atoms with van der Waals surface area (Å²) >= 11 is 1.29. The molecule has 1 aromatic heterocycles. The van der Waals surface area contributed by atoms with E-state index in [2.05, 4.69) is 15.5 Å². The summed E-state index contributed by atoms with van der Waals surface area (Å²) in [5.41, 5.74) is 2.28. The summed E-state index contributed by atoms with van der Waals surface area (Å²) in [6.07, 6.45) is 3.47. The Morgan fingerprint density at radius 3 is 2.53 bits per heavy atom. The van der Waals surface area contributed by atoms with Gasteiger partial charge in [-0.15, -0.1) is 10.2 Å². The van der Waals surface area contributed by atoms with Gasteiger partial charge in [-0.3, -0.25) is 4.79 Å². The summed E-state index contributed by atoms with van der Waals surface area (Å²) < 4.78 is 29.7. The molecule has 0 aliphatic carbocycles. The van der Waals surface area contributed by atoms with Gasteiger partial charge in [0.1, 0.15) is 5.82 Å². The highest BCUT2D eigenvalue weighted by Crippen LogP contribution is 2.26. The number of benzene rings is 2. The molecule has 0 unspecified atom stereocenters. The molecule has 0 bridgehead atoms. The minimum absolute atomic E-state index is 0.138. The Bertz CT molecular complexity index is 1250. The Balaban J connectivity index is 1.39. The van der Waals surface area contributed by atoms with E-state index in [1.165, 1.54) is 11.8 Å². The number of carbonyl (C=O) groups is 1. The lowest BCUT2D eigenvalue weighted by molar-refractivity contribution is -0.113. The van der Waals surface area contributed by atoms with Gasteiger partial charge in [0.15, 0.2) is 5.16 Å². The van der Waals surface area contributed by atoms with Crippen LogP contribution in [0, 0.1) is 6.92 Å². The van der Waals surface area contributed by atoms with Gasteiger partial charge in [-0.25, -0.2) is 8.42 Å². The predicted molar refractivity (Wildman–Crippen MR) is 133 cm³/mol. The number of nitrogens with zero attached hydrogens (tertiary/aromatic N) is 4. The number of piperidine rings is 1. The number of nitrogens with one attached hydrogen (secondary N) is 1. The van der Waals surface area contributed by atoms with Crippen molar-refractivity contribution in [3.8, 4) is 0 Å². The number of aryl methyl sites for hydroxylation is 1. The molecule has 1 N–H and O–H groups in total. The van der Waals surface area contributed by atoms with Crippen LogP contribution in [0.1, 0.15) is 36.2 Å². The second kappa shape index (κ2) is 10.7. The van der Waals surface area contributed by atoms with Crippen molar-refractivity contribution in [3.63, 3.8) is 0 Å². The number of aromatic nitrogens is 3. The first-order valence-electron chi connectivity index (χ1n) is 11.3. The van der Waals surface area contributed by atoms with E-state index in [9.17, 15) is 13.2 Å². The molecule has 180 valence electrons. The largest absolute Gasteiger partial charge is 0.325 e. The fourth-order valence-corrected chi connectivity index (χ4v) is 6.43. The average molecular weight is 500 g/mol. The number of sulfonamides is 1. The van der Waals surface area contributed by atoms with Gasteiger partial charge >= 0.3 is 0 Å². The third kappa shape index (κ3) is 5.68. The molecule has 8 nitrogen and oxygen atoms in total. The maximum atomic E-state index is 13.1. The van der Waals surface area contributed by atoms with Crippen LogP contribution in [0.2, 0.25) is 0 Å². The van der Waals surface area contributed by atoms with Gasteiger partial charge in [0.2, 0.25) is 15.9 Å². The van der Waals surface area contributed by atoms with E-state index in [0.717, 1.165) is 30.7 Å². The van der Waals surface area contributed by atoms with Gasteiger partial charge in [0.25, 0.3) is 0 Å². The molecule has 2 aromatic carbocycles. The minimum atomic E-state index is -3.58. The molecule has 1 aliphatic heterocycles. The predicted octanol–water partition coefficient (Wildman–Crippen LogP) is 3.62. The summed E-state index contributed by atoms with van der Waals surface area (Å²) in [5.74, 6) is 0.724. The number of carbonyl (C=O) groups excluding carboxylic acids is 1. The molecule has 1 saturated heterocycles. The lowest BCUT2D eigenvalue weighted by Crippen LogP contribution is -2.36. The van der Waals surface area contributed by atoms with Crippen LogP contribution in [0.3, 0.4) is 0 Å². The topological polar surface area (TPSA) is 97.2 Å². The van der Waals surface area contributed by atoms with Crippen LogP contribution < -0.4 is 5.32 Å². The summed E-state index contributed by atoms with van der Waals surface area (Å²) in [6, 6.07) is 15.0. The van der Waals surface area contributed by atoms with Gasteiger partial charge in [0.05, 0.1) is 10.6 Å². The zero-order valence-electron chi connectivity index (χ0n) is 19.4. The molecule has 1 aliphatic rings. The van der Waals surface area contributed by atoms with Crippen molar-refractivity contribution >= 4 is 33.4 Å². The molecule has 1 fully saturated rings. The Kier molecular flexibility index (Phi) is 7.70. The standard InChI is InChI=1S/C24H29N5O3S2/c1-18-11-12-20(16-21(18)34(31,32)29-13-7-4-8-14-29)25-23(30)17-33-24-27-26-22(28(24)2)15-19-9-5-3-6-10-19/h3,5-6,9-12,16H,4,7-8,13-15,17H2,1-2H3,(H,25,30). The van der Waals surface area contributed by atoms with Crippen LogP contribution in [-0.4, -0.2) is 52.2 Å². The van der Waals surface area contributed by atoms with Crippen molar-refractivity contribution in [3.05, 3.63) is 65.5 Å². The maximum Gasteiger partial charge on any atom is 0.243 e. The van der Waals surface area contributed by atoms with Gasteiger partial charge in [0, 0.05) is 32.2 Å². The monoisotopic (exact) mass is 499 g/mol. The van der Waals surface area contributed by atoms with E-state index >= 15 is 0 Å². The van der Waals surface area contributed by atoms with Gasteiger partial charge in [-0.2, -0.15) is 4.31 Å². The van der Waals surface area contributed by atoms with E-state index in [1.54, 1.807) is 29.4 Å². The van der Waals surface area contributed by atoms with E-state index in [0.29, 0.717) is 35.9 Å². The van der Waals surface area contributed by atoms with E-state index in [4.69, 9.17) is 0 Å². The van der Waals surface area contributed by atoms with Gasteiger partial charge in [-0.1, -0.05) is 54.6 Å². The van der Waals surface area contributed by atoms with Crippen LogP contribution in [0.5, 0.6) is 0 Å². The highest BCUT2D eigenvalue weighted by Gasteiger charge is 2.27. The summed E-state index contributed by atoms with van der Waals surface area (Å²) in [6.45, 7) is 2.86. The zero-order valence-corrected chi connectivity index (χ0v) is 21.0. The lowest BCUT2D eigenvalue weighted by atomic mass is 10.1. The van der Waals surface area contributed by atoms with Crippen LogP contribution in [0.25, 0.3) is 0 Å². The third-order valence-corrected chi connectivity index (χ3v) is 8.93. The smallest absolute Gasteiger partial charge is 0.243 e. The van der Waals surface area contributed by atoms with Crippen LogP contribution in [0.15, 0.2) is 58.6 Å². The normalized spacial score (nSPS) is 14.8. The Labute approximate surface area is 204 Å². The average Bonchev–Trinajstić information content (AvgIpc) is 3.19. The summed E-state index contributed by atoms with van der Waals surface area (Å²) in [7, 11) is -1.69. The fourth-order valence-electron chi connectivity index (χ4n) is 3.93. The van der Waals surface area contributed by atoms with Crippen molar-refractivity contribution in [2.24, 2.45) is 7.05 Å². The molecule has 10 heteroatoms. The fraction of sp³-hybridized carbons (Fsp3) is 0.375. The van der Waals surface area contributed by atoms with Crippen molar-refractivity contribution in [1.82, 2.24) is 19.1 Å². The number of amides is 1. The second-order valence-corrected chi connectivity index (χ2v) is 11.3. The van der Waals surface area contributed by atoms with E-state index in [-0.39, 0.29) is 16.6 Å². The lowest BCUT2D eigenvalue weighted by Gasteiger charge is -2.26. The number of rotatable bonds is 8. The zero-order chi connectivity index (χ0) is 24.1. The Morgan fingerprint density at radius 1 is 1.06 bits per heavy atom. The summed E-state index contributed by atoms with van der Waals surface area (Å²) in [5, 5.41) is 11.9.